The molecular formula is C16H22N6OS. The van der Waals surface area contributed by atoms with Gasteiger partial charge < -0.3 is 9.80 Å². The van der Waals surface area contributed by atoms with E-state index in [2.05, 4.69) is 32.0 Å². The van der Waals surface area contributed by atoms with Crippen molar-refractivity contribution >= 4 is 17.7 Å². The fraction of sp³-hybridized carbons (Fsp3) is 0.500. The Hall–Kier alpha value is -1.93. The molecule has 2 aromatic rings. The van der Waals surface area contributed by atoms with Crippen LogP contribution in [-0.4, -0.2) is 73.8 Å². The Morgan fingerprint density at radius 2 is 2.12 bits per heavy atom. The number of carbonyl (C=O) groups is 1. The summed E-state index contributed by atoms with van der Waals surface area (Å²) < 4.78 is 0. The molecule has 128 valence electrons. The molecule has 0 aromatic carbocycles. The van der Waals surface area contributed by atoms with Crippen molar-refractivity contribution in [3.05, 3.63) is 24.4 Å². The van der Waals surface area contributed by atoms with Gasteiger partial charge in [0.05, 0.1) is 5.25 Å². The molecule has 3 rings (SSSR count). The summed E-state index contributed by atoms with van der Waals surface area (Å²) in [4.78, 5) is 25.6. The first kappa shape index (κ1) is 16.9. The lowest BCUT2D eigenvalue weighted by molar-refractivity contribution is -0.132. The molecular weight excluding hydrogens is 324 g/mol. The summed E-state index contributed by atoms with van der Waals surface area (Å²) in [5.74, 6) is 0.772. The summed E-state index contributed by atoms with van der Waals surface area (Å²) >= 11 is 1.38. The fourth-order valence-electron chi connectivity index (χ4n) is 2.67. The van der Waals surface area contributed by atoms with Gasteiger partial charge in [-0.3, -0.25) is 14.9 Å². The highest BCUT2D eigenvalue weighted by atomic mass is 32.2. The van der Waals surface area contributed by atoms with Gasteiger partial charge in [0.2, 0.25) is 11.1 Å². The zero-order valence-electron chi connectivity index (χ0n) is 14.0. The Balaban J connectivity index is 1.58. The second kappa shape index (κ2) is 7.76. The Morgan fingerprint density at radius 3 is 2.79 bits per heavy atom. The maximum Gasteiger partial charge on any atom is 0.235 e. The van der Waals surface area contributed by atoms with Crippen molar-refractivity contribution in [2.24, 2.45) is 0 Å². The van der Waals surface area contributed by atoms with Gasteiger partial charge in [0.1, 0.15) is 5.69 Å². The Bertz CT molecular complexity index is 668. The van der Waals surface area contributed by atoms with E-state index >= 15 is 0 Å². The van der Waals surface area contributed by atoms with Crippen molar-refractivity contribution in [2.75, 3.05) is 32.7 Å². The largest absolute Gasteiger partial charge is 0.339 e. The first-order valence-corrected chi connectivity index (χ1v) is 9.07. The van der Waals surface area contributed by atoms with Gasteiger partial charge in [0, 0.05) is 32.4 Å². The van der Waals surface area contributed by atoms with Crippen LogP contribution >= 0.6 is 11.8 Å². The van der Waals surface area contributed by atoms with Crippen molar-refractivity contribution in [1.29, 1.82) is 0 Å². The van der Waals surface area contributed by atoms with Gasteiger partial charge in [-0.05, 0) is 25.6 Å². The minimum atomic E-state index is -0.203. The second-order valence-corrected chi connectivity index (χ2v) is 7.01. The number of aromatic nitrogens is 4. The normalized spacial score (nSPS) is 17.0. The maximum atomic E-state index is 12.6. The molecule has 7 nitrogen and oxygen atoms in total. The number of nitrogens with one attached hydrogen (secondary N) is 1. The first-order chi connectivity index (χ1) is 11.7. The van der Waals surface area contributed by atoms with Crippen LogP contribution in [-0.2, 0) is 4.79 Å². The Kier molecular flexibility index (Phi) is 5.47. The van der Waals surface area contributed by atoms with Crippen molar-refractivity contribution in [3.63, 3.8) is 0 Å². The molecule has 1 atom stereocenters. The number of rotatable bonds is 5. The highest BCUT2D eigenvalue weighted by Crippen LogP contribution is 2.23. The summed E-state index contributed by atoms with van der Waals surface area (Å²) in [5.41, 5.74) is 0.742. The molecule has 1 N–H and O–H groups in total. The van der Waals surface area contributed by atoms with Crippen LogP contribution in [0.15, 0.2) is 29.6 Å². The Labute approximate surface area is 145 Å². The van der Waals surface area contributed by atoms with Gasteiger partial charge in [0.15, 0.2) is 5.82 Å². The number of carbonyl (C=O) groups excluding carboxylic acids is 1. The number of likely N-dealkylation sites (N-methyl/N-ethyl adjacent to an activating group) is 1. The molecule has 0 spiro atoms. The number of pyridine rings is 1. The van der Waals surface area contributed by atoms with Crippen molar-refractivity contribution < 1.29 is 4.79 Å². The highest BCUT2D eigenvalue weighted by molar-refractivity contribution is 8.00. The predicted molar refractivity (Wildman–Crippen MR) is 93.6 cm³/mol. The zero-order chi connectivity index (χ0) is 16.9. The summed E-state index contributed by atoms with van der Waals surface area (Å²) in [7, 11) is 0. The van der Waals surface area contributed by atoms with Crippen molar-refractivity contribution in [1.82, 2.24) is 30.0 Å². The number of H-pyrrole nitrogens is 1. The highest BCUT2D eigenvalue weighted by Gasteiger charge is 2.26. The van der Waals surface area contributed by atoms with Crippen molar-refractivity contribution in [3.8, 4) is 11.5 Å². The Morgan fingerprint density at radius 1 is 1.33 bits per heavy atom. The van der Waals surface area contributed by atoms with E-state index < -0.39 is 0 Å². The third kappa shape index (κ3) is 3.93. The van der Waals surface area contributed by atoms with Crippen LogP contribution < -0.4 is 0 Å². The number of amides is 1. The fourth-order valence-corrected chi connectivity index (χ4v) is 3.48. The molecule has 8 heteroatoms. The van der Waals surface area contributed by atoms with Crippen LogP contribution in [0.4, 0.5) is 0 Å². The number of nitrogens with zero attached hydrogens (tertiary/aromatic N) is 5. The van der Waals surface area contributed by atoms with Crippen molar-refractivity contribution in [2.45, 2.75) is 24.3 Å². The zero-order valence-corrected chi connectivity index (χ0v) is 14.8. The minimum Gasteiger partial charge on any atom is -0.339 e. The van der Waals surface area contributed by atoms with E-state index in [0.717, 1.165) is 38.4 Å². The molecule has 24 heavy (non-hydrogen) atoms. The lowest BCUT2D eigenvalue weighted by Crippen LogP contribution is -2.50. The molecule has 2 aromatic heterocycles. The van der Waals surface area contributed by atoms with E-state index in [4.69, 9.17) is 0 Å². The van der Waals surface area contributed by atoms with Crippen LogP contribution in [0.5, 0.6) is 0 Å². The van der Waals surface area contributed by atoms with Gasteiger partial charge >= 0.3 is 0 Å². The average Bonchev–Trinajstić information content (AvgIpc) is 3.10. The number of thioether (sulfide) groups is 1. The molecule has 1 aliphatic rings. The molecule has 1 saturated heterocycles. The van der Waals surface area contributed by atoms with Gasteiger partial charge in [-0.1, -0.05) is 24.8 Å². The third-order valence-corrected chi connectivity index (χ3v) is 5.08. The van der Waals surface area contributed by atoms with E-state index in [1.54, 1.807) is 6.20 Å². The van der Waals surface area contributed by atoms with Crippen LogP contribution in [0.2, 0.25) is 0 Å². The molecule has 1 aliphatic heterocycles. The van der Waals surface area contributed by atoms with E-state index in [-0.39, 0.29) is 11.2 Å². The summed E-state index contributed by atoms with van der Waals surface area (Å²) in [6.45, 7) is 8.60. The number of hydrogen-bond donors (Lipinski definition) is 1. The van der Waals surface area contributed by atoms with Crippen LogP contribution in [0.1, 0.15) is 13.8 Å². The van der Waals surface area contributed by atoms with Crippen LogP contribution in [0, 0.1) is 0 Å². The number of hydrogen-bond acceptors (Lipinski definition) is 6. The van der Waals surface area contributed by atoms with E-state index in [1.165, 1.54) is 11.8 Å². The first-order valence-electron chi connectivity index (χ1n) is 8.19. The summed E-state index contributed by atoms with van der Waals surface area (Å²) in [6.07, 6.45) is 1.72. The average molecular weight is 346 g/mol. The van der Waals surface area contributed by atoms with Gasteiger partial charge in [-0.2, -0.15) is 4.98 Å². The summed E-state index contributed by atoms with van der Waals surface area (Å²) in [6, 6.07) is 5.63. The van der Waals surface area contributed by atoms with Gasteiger partial charge in [-0.25, -0.2) is 0 Å². The van der Waals surface area contributed by atoms with Gasteiger partial charge in [0.25, 0.3) is 0 Å². The number of piperazine rings is 1. The topological polar surface area (TPSA) is 78.0 Å². The van der Waals surface area contributed by atoms with Crippen LogP contribution in [0.25, 0.3) is 11.5 Å². The van der Waals surface area contributed by atoms with E-state index in [9.17, 15) is 4.79 Å². The number of aromatic amines is 1. The second-order valence-electron chi connectivity index (χ2n) is 5.70. The molecule has 1 fully saturated rings. The molecule has 0 radical (unpaired) electrons. The molecule has 0 bridgehead atoms. The molecule has 0 aliphatic carbocycles. The lowest BCUT2D eigenvalue weighted by atomic mass is 10.3. The monoisotopic (exact) mass is 346 g/mol. The van der Waals surface area contributed by atoms with Gasteiger partial charge in [-0.15, -0.1) is 5.10 Å². The lowest BCUT2D eigenvalue weighted by Gasteiger charge is -2.35. The smallest absolute Gasteiger partial charge is 0.235 e. The van der Waals surface area contributed by atoms with Crippen LogP contribution in [0.3, 0.4) is 0 Å². The standard InChI is InChI=1S/C16H22N6OS/c1-3-21-8-10-22(11-9-21)15(23)12(2)24-16-18-14(19-20-16)13-6-4-5-7-17-13/h4-7,12H,3,8-11H2,1-2H3,(H,18,19,20)/t12-/m1/s1. The third-order valence-electron chi connectivity index (χ3n) is 4.13. The minimum absolute atomic E-state index is 0.153. The van der Waals surface area contributed by atoms with E-state index in [0.29, 0.717) is 11.0 Å². The maximum absolute atomic E-state index is 12.6. The molecule has 0 unspecified atom stereocenters. The van der Waals surface area contributed by atoms with E-state index in [1.807, 2.05) is 30.0 Å². The SMILES string of the molecule is CCN1CCN(C(=O)[C@@H](C)Sc2n[nH]c(-c3ccccn3)n2)CC1. The predicted octanol–water partition coefficient (Wildman–Crippen LogP) is 1.51. The molecule has 1 amide bonds. The summed E-state index contributed by atoms with van der Waals surface area (Å²) in [5, 5.41) is 7.45. The molecule has 0 saturated carbocycles. The molecule has 3 heterocycles. The quantitative estimate of drug-likeness (QED) is 0.827.